The molecule has 1 atom stereocenters. The fourth-order valence-electron chi connectivity index (χ4n) is 4.51. The topological polar surface area (TPSA) is 35.9 Å². The minimum absolute atomic E-state index is 0.0144. The van der Waals surface area contributed by atoms with Crippen LogP contribution in [0.1, 0.15) is 22.3 Å². The molecular weight excluding hydrogens is 430 g/mol. The molecule has 1 aliphatic heterocycles. The third-order valence-corrected chi connectivity index (χ3v) is 6.22. The second kappa shape index (κ2) is 10.4. The molecule has 0 aliphatic carbocycles. The third kappa shape index (κ3) is 5.33. The second-order valence-electron chi connectivity index (χ2n) is 8.97. The first-order valence-corrected chi connectivity index (χ1v) is 12.0. The lowest BCUT2D eigenvalue weighted by Gasteiger charge is -2.30. The Morgan fingerprint density at radius 1 is 0.714 bits per heavy atom. The maximum atomic E-state index is 13.8. The van der Waals surface area contributed by atoms with Crippen molar-refractivity contribution in [2.75, 3.05) is 4.90 Å². The highest BCUT2D eigenvalue weighted by atomic mass is 16.2. The number of amides is 1. The molecule has 0 saturated heterocycles. The Bertz CT molecular complexity index is 1260. The average Bonchev–Trinajstić information content (AvgIpc) is 3.21. The lowest BCUT2D eigenvalue weighted by molar-refractivity contribution is -0.118. The van der Waals surface area contributed by atoms with Crippen LogP contribution >= 0.6 is 0 Å². The van der Waals surface area contributed by atoms with Crippen LogP contribution in [0.2, 0.25) is 0 Å². The van der Waals surface area contributed by atoms with Crippen LogP contribution in [0.3, 0.4) is 0 Å². The number of guanidine groups is 1. The van der Waals surface area contributed by atoms with Gasteiger partial charge in [0.05, 0.1) is 5.69 Å². The van der Waals surface area contributed by atoms with E-state index in [1.165, 1.54) is 11.1 Å². The number of nitrogens with zero attached hydrogens (tertiary/aromatic N) is 3. The van der Waals surface area contributed by atoms with Crippen molar-refractivity contribution in [2.24, 2.45) is 4.99 Å². The van der Waals surface area contributed by atoms with Crippen molar-refractivity contribution < 1.29 is 4.79 Å². The first kappa shape index (κ1) is 22.6. The van der Waals surface area contributed by atoms with E-state index in [2.05, 4.69) is 47.4 Å². The Kier molecular flexibility index (Phi) is 6.71. The predicted molar refractivity (Wildman–Crippen MR) is 142 cm³/mol. The van der Waals surface area contributed by atoms with Gasteiger partial charge in [0.2, 0.25) is 5.96 Å². The zero-order valence-corrected chi connectivity index (χ0v) is 19.9. The largest absolute Gasteiger partial charge is 0.334 e. The molecular formula is C31H29N3O. The Hall–Kier alpha value is -4.18. The summed E-state index contributed by atoms with van der Waals surface area (Å²) in [5.41, 5.74) is 5.43. The Morgan fingerprint density at radius 2 is 1.26 bits per heavy atom. The van der Waals surface area contributed by atoms with Crippen LogP contribution in [0.5, 0.6) is 0 Å². The van der Waals surface area contributed by atoms with E-state index in [0.29, 0.717) is 25.5 Å². The number of rotatable bonds is 7. The summed E-state index contributed by atoms with van der Waals surface area (Å²) in [6.07, 6.45) is 0.579. The molecule has 1 amide bonds. The van der Waals surface area contributed by atoms with E-state index in [1.54, 1.807) is 0 Å². The van der Waals surface area contributed by atoms with Gasteiger partial charge in [-0.25, -0.2) is 9.89 Å². The first-order valence-electron chi connectivity index (χ1n) is 12.0. The molecule has 4 aromatic carbocycles. The van der Waals surface area contributed by atoms with Crippen molar-refractivity contribution in [3.05, 3.63) is 138 Å². The van der Waals surface area contributed by atoms with Crippen LogP contribution < -0.4 is 4.90 Å². The quantitative estimate of drug-likeness (QED) is 0.339. The van der Waals surface area contributed by atoms with Gasteiger partial charge in [0.1, 0.15) is 6.04 Å². The molecule has 0 saturated carbocycles. The molecule has 4 heteroatoms. The molecule has 4 nitrogen and oxygen atoms in total. The van der Waals surface area contributed by atoms with E-state index >= 15 is 0 Å². The number of carbonyl (C=O) groups excluding carboxylic acids is 1. The van der Waals surface area contributed by atoms with E-state index in [0.717, 1.165) is 16.8 Å². The fraction of sp³-hybridized carbons (Fsp3) is 0.161. The van der Waals surface area contributed by atoms with Gasteiger partial charge in [-0.1, -0.05) is 103 Å². The summed E-state index contributed by atoms with van der Waals surface area (Å²) in [4.78, 5) is 22.9. The predicted octanol–water partition coefficient (Wildman–Crippen LogP) is 6.01. The van der Waals surface area contributed by atoms with E-state index < -0.39 is 6.04 Å². The molecule has 1 unspecified atom stereocenters. The number of anilines is 1. The molecule has 0 spiro atoms. The van der Waals surface area contributed by atoms with Gasteiger partial charge in [0, 0.05) is 19.5 Å². The van der Waals surface area contributed by atoms with Crippen LogP contribution in [-0.4, -0.2) is 22.8 Å². The Balaban J connectivity index is 1.55. The lowest BCUT2D eigenvalue weighted by Crippen LogP contribution is -2.44. The summed E-state index contributed by atoms with van der Waals surface area (Å²) in [7, 11) is 0. The molecule has 1 heterocycles. The van der Waals surface area contributed by atoms with Crippen molar-refractivity contribution in [2.45, 2.75) is 32.5 Å². The van der Waals surface area contributed by atoms with E-state index in [1.807, 2.05) is 84.6 Å². The first-order chi connectivity index (χ1) is 17.2. The maximum absolute atomic E-state index is 13.8. The molecule has 0 radical (unpaired) electrons. The van der Waals surface area contributed by atoms with Crippen LogP contribution in [0, 0.1) is 6.92 Å². The van der Waals surface area contributed by atoms with Gasteiger partial charge in [-0.05, 0) is 41.3 Å². The second-order valence-corrected chi connectivity index (χ2v) is 8.97. The van der Waals surface area contributed by atoms with Crippen LogP contribution in [-0.2, 0) is 24.3 Å². The number of aliphatic imine (C=N–C) groups is 1. The number of aryl methyl sites for hydroxylation is 1. The monoisotopic (exact) mass is 459 g/mol. The summed E-state index contributed by atoms with van der Waals surface area (Å²) in [6, 6.07) is 38.5. The number of carbonyl (C=O) groups is 1. The number of benzene rings is 4. The highest BCUT2D eigenvalue weighted by molar-refractivity contribution is 6.22. The van der Waals surface area contributed by atoms with Gasteiger partial charge in [-0.15, -0.1) is 0 Å². The molecule has 5 rings (SSSR count). The average molecular weight is 460 g/mol. The highest BCUT2D eigenvalue weighted by Crippen LogP contribution is 2.27. The zero-order valence-electron chi connectivity index (χ0n) is 19.9. The Labute approximate surface area is 207 Å². The van der Waals surface area contributed by atoms with Gasteiger partial charge in [-0.3, -0.25) is 4.79 Å². The summed E-state index contributed by atoms with van der Waals surface area (Å²) in [6.45, 7) is 3.36. The van der Waals surface area contributed by atoms with Gasteiger partial charge in [0.15, 0.2) is 0 Å². The van der Waals surface area contributed by atoms with Crippen LogP contribution in [0.25, 0.3) is 0 Å². The molecule has 4 aromatic rings. The SMILES string of the molecule is Cc1cccc(N2C(=O)C(Cc3ccccc3)N=C2N(Cc2ccccc2)Cc2ccccc2)c1. The molecule has 174 valence electrons. The normalized spacial score (nSPS) is 15.2. The Morgan fingerprint density at radius 3 is 1.80 bits per heavy atom. The van der Waals surface area contributed by atoms with Crippen molar-refractivity contribution in [3.63, 3.8) is 0 Å². The van der Waals surface area contributed by atoms with E-state index in [9.17, 15) is 4.79 Å². The van der Waals surface area contributed by atoms with Crippen molar-refractivity contribution in [1.29, 1.82) is 0 Å². The van der Waals surface area contributed by atoms with Gasteiger partial charge in [0.25, 0.3) is 5.91 Å². The standard InChI is InChI=1S/C31H29N3O/c1-24-12-11-19-28(20-24)34-30(35)29(21-25-13-5-2-6-14-25)32-31(34)33(22-26-15-7-3-8-16-26)23-27-17-9-4-10-18-27/h2-20,29H,21-23H2,1H3. The minimum Gasteiger partial charge on any atom is -0.334 e. The molecule has 0 bridgehead atoms. The number of hydrogen-bond donors (Lipinski definition) is 0. The van der Waals surface area contributed by atoms with Gasteiger partial charge >= 0.3 is 0 Å². The molecule has 0 fully saturated rings. The fourth-order valence-corrected chi connectivity index (χ4v) is 4.51. The maximum Gasteiger partial charge on any atom is 0.259 e. The third-order valence-electron chi connectivity index (χ3n) is 6.22. The summed E-state index contributed by atoms with van der Waals surface area (Å²) in [5.74, 6) is 0.717. The van der Waals surface area contributed by atoms with E-state index in [-0.39, 0.29) is 5.91 Å². The van der Waals surface area contributed by atoms with Crippen molar-refractivity contribution in [1.82, 2.24) is 4.90 Å². The summed E-state index contributed by atoms with van der Waals surface area (Å²) in [5, 5.41) is 0. The minimum atomic E-state index is -0.457. The van der Waals surface area contributed by atoms with Gasteiger partial charge < -0.3 is 4.90 Å². The van der Waals surface area contributed by atoms with Crippen LogP contribution in [0.15, 0.2) is 120 Å². The summed E-state index contributed by atoms with van der Waals surface area (Å²) >= 11 is 0. The number of hydrogen-bond acceptors (Lipinski definition) is 3. The highest BCUT2D eigenvalue weighted by Gasteiger charge is 2.38. The van der Waals surface area contributed by atoms with Crippen LogP contribution in [0.4, 0.5) is 5.69 Å². The van der Waals surface area contributed by atoms with Crippen molar-refractivity contribution in [3.8, 4) is 0 Å². The molecule has 0 N–H and O–H groups in total. The van der Waals surface area contributed by atoms with Gasteiger partial charge in [-0.2, -0.15) is 0 Å². The molecule has 1 aliphatic rings. The molecule has 0 aromatic heterocycles. The molecule has 35 heavy (non-hydrogen) atoms. The smallest absolute Gasteiger partial charge is 0.259 e. The van der Waals surface area contributed by atoms with Crippen molar-refractivity contribution >= 4 is 17.6 Å². The summed E-state index contributed by atoms with van der Waals surface area (Å²) < 4.78 is 0. The van der Waals surface area contributed by atoms with E-state index in [4.69, 9.17) is 4.99 Å². The lowest BCUT2D eigenvalue weighted by atomic mass is 10.1. The zero-order chi connectivity index (χ0) is 24.0.